The highest BCUT2D eigenvalue weighted by atomic mass is 19.1. The van der Waals surface area contributed by atoms with E-state index in [2.05, 4.69) is 32.1 Å². The van der Waals surface area contributed by atoms with Crippen LogP contribution >= 0.6 is 0 Å². The first-order valence-corrected chi connectivity index (χ1v) is 9.94. The number of nitrogens with one attached hydrogen (secondary N) is 2. The molecule has 146 valence electrons. The van der Waals surface area contributed by atoms with E-state index >= 15 is 0 Å². The number of nitrogens with zero attached hydrogens (tertiary/aromatic N) is 3. The molecule has 2 fully saturated rings. The lowest BCUT2D eigenvalue weighted by atomic mass is 9.80. The Balaban J connectivity index is 1.24. The van der Waals surface area contributed by atoms with E-state index in [1.807, 2.05) is 24.3 Å². The van der Waals surface area contributed by atoms with E-state index in [-0.39, 0.29) is 5.82 Å². The summed E-state index contributed by atoms with van der Waals surface area (Å²) in [5.41, 5.74) is 10.7. The van der Waals surface area contributed by atoms with Crippen molar-refractivity contribution < 1.29 is 9.02 Å². The molecule has 2 saturated heterocycles. The standard InChI is InChI=1S/C21H24FN5O/c22-17-5-1-3-15(11-17)18-12-23-24-20(18)14-7-9-27(10-8-14)13-16-4-2-6-19-21(16)26-28-25-19/h1-6,11,14,18,20,23-24H,7-10,12-13H2. The van der Waals surface area contributed by atoms with Gasteiger partial charge in [-0.2, -0.15) is 0 Å². The van der Waals surface area contributed by atoms with E-state index in [1.165, 1.54) is 6.07 Å². The van der Waals surface area contributed by atoms with Gasteiger partial charge in [-0.15, -0.1) is 0 Å². The Morgan fingerprint density at radius 3 is 2.82 bits per heavy atom. The molecule has 2 atom stereocenters. The third-order valence-electron chi connectivity index (χ3n) is 6.20. The van der Waals surface area contributed by atoms with Gasteiger partial charge in [0.15, 0.2) is 0 Å². The summed E-state index contributed by atoms with van der Waals surface area (Å²) in [6, 6.07) is 13.4. The van der Waals surface area contributed by atoms with Crippen molar-refractivity contribution in [3.8, 4) is 0 Å². The quantitative estimate of drug-likeness (QED) is 0.725. The molecule has 7 heteroatoms. The predicted octanol–water partition coefficient (Wildman–Crippen LogP) is 2.83. The SMILES string of the molecule is Fc1cccc(C2CNNC2C2CCN(Cc3cccc4nonc34)CC2)c1. The van der Waals surface area contributed by atoms with E-state index in [9.17, 15) is 4.39 Å². The van der Waals surface area contributed by atoms with E-state index in [0.29, 0.717) is 17.9 Å². The molecule has 2 aliphatic heterocycles. The van der Waals surface area contributed by atoms with Crippen molar-refractivity contribution >= 4 is 11.0 Å². The van der Waals surface area contributed by atoms with Gasteiger partial charge in [0.2, 0.25) is 0 Å². The van der Waals surface area contributed by atoms with Crippen LogP contribution in [0.2, 0.25) is 0 Å². The third kappa shape index (κ3) is 3.41. The van der Waals surface area contributed by atoms with Gasteiger partial charge in [0.25, 0.3) is 0 Å². The lowest BCUT2D eigenvalue weighted by Gasteiger charge is -2.36. The van der Waals surface area contributed by atoms with Crippen molar-refractivity contribution in [1.29, 1.82) is 0 Å². The average molecular weight is 381 g/mol. The molecule has 0 bridgehead atoms. The van der Waals surface area contributed by atoms with Crippen molar-refractivity contribution in [3.63, 3.8) is 0 Å². The van der Waals surface area contributed by atoms with Gasteiger partial charge in [-0.3, -0.25) is 15.8 Å². The molecule has 0 saturated carbocycles. The molecule has 28 heavy (non-hydrogen) atoms. The van der Waals surface area contributed by atoms with Crippen LogP contribution in [0.1, 0.15) is 29.9 Å². The highest BCUT2D eigenvalue weighted by Crippen LogP contribution is 2.33. The molecule has 0 aliphatic carbocycles. The lowest BCUT2D eigenvalue weighted by molar-refractivity contribution is 0.152. The second kappa shape index (κ2) is 7.58. The summed E-state index contributed by atoms with van der Waals surface area (Å²) in [6.45, 7) is 3.79. The van der Waals surface area contributed by atoms with Gasteiger partial charge in [-0.1, -0.05) is 24.3 Å². The number of hydrogen-bond acceptors (Lipinski definition) is 6. The fourth-order valence-electron chi connectivity index (χ4n) is 4.72. The Labute approximate surface area is 163 Å². The zero-order valence-corrected chi connectivity index (χ0v) is 15.6. The molecule has 0 spiro atoms. The Morgan fingerprint density at radius 1 is 1.11 bits per heavy atom. The van der Waals surface area contributed by atoms with Crippen molar-refractivity contribution in [2.24, 2.45) is 5.92 Å². The normalized spacial score (nSPS) is 24.2. The van der Waals surface area contributed by atoms with Gasteiger partial charge in [-0.25, -0.2) is 9.02 Å². The maximum Gasteiger partial charge on any atom is 0.139 e. The topological polar surface area (TPSA) is 66.2 Å². The summed E-state index contributed by atoms with van der Waals surface area (Å²) in [5, 5.41) is 7.98. The molecule has 5 rings (SSSR count). The minimum atomic E-state index is -0.158. The second-order valence-corrected chi connectivity index (χ2v) is 7.88. The van der Waals surface area contributed by atoms with Crippen LogP contribution in [0.15, 0.2) is 47.1 Å². The molecule has 3 heterocycles. The van der Waals surface area contributed by atoms with Gasteiger partial charge in [0, 0.05) is 25.0 Å². The maximum atomic E-state index is 13.7. The summed E-state index contributed by atoms with van der Waals surface area (Å²) < 4.78 is 18.6. The molecular weight excluding hydrogens is 357 g/mol. The lowest BCUT2D eigenvalue weighted by Crippen LogP contribution is -2.44. The van der Waals surface area contributed by atoms with Crippen LogP contribution in [0, 0.1) is 11.7 Å². The number of aromatic nitrogens is 2. The zero-order valence-electron chi connectivity index (χ0n) is 15.6. The summed E-state index contributed by atoms with van der Waals surface area (Å²) in [5.74, 6) is 0.723. The number of hydrogen-bond donors (Lipinski definition) is 2. The van der Waals surface area contributed by atoms with Gasteiger partial charge in [0.1, 0.15) is 16.9 Å². The average Bonchev–Trinajstić information content (AvgIpc) is 3.39. The number of rotatable bonds is 4. The van der Waals surface area contributed by atoms with Gasteiger partial charge < -0.3 is 0 Å². The van der Waals surface area contributed by atoms with Gasteiger partial charge >= 0.3 is 0 Å². The first-order chi connectivity index (χ1) is 13.8. The molecule has 0 radical (unpaired) electrons. The predicted molar refractivity (Wildman–Crippen MR) is 104 cm³/mol. The van der Waals surface area contributed by atoms with Crippen LogP contribution in [0.25, 0.3) is 11.0 Å². The Bertz CT molecular complexity index is 953. The van der Waals surface area contributed by atoms with E-state index < -0.39 is 0 Å². The zero-order chi connectivity index (χ0) is 18.9. The highest BCUT2D eigenvalue weighted by molar-refractivity contribution is 5.76. The minimum Gasteiger partial charge on any atom is -0.299 e. The third-order valence-corrected chi connectivity index (χ3v) is 6.20. The monoisotopic (exact) mass is 381 g/mol. The molecule has 3 aromatic rings. The van der Waals surface area contributed by atoms with Crippen LogP contribution in [0.4, 0.5) is 4.39 Å². The Kier molecular flexibility index (Phi) is 4.80. The van der Waals surface area contributed by atoms with E-state index in [0.717, 1.165) is 61.2 Å². The number of benzene rings is 2. The van der Waals surface area contributed by atoms with Gasteiger partial charge in [-0.05, 0) is 71.5 Å². The summed E-state index contributed by atoms with van der Waals surface area (Å²) in [4.78, 5) is 2.47. The number of fused-ring (bicyclic) bond motifs is 1. The molecule has 2 aliphatic rings. The molecule has 6 nitrogen and oxygen atoms in total. The van der Waals surface area contributed by atoms with E-state index in [1.54, 1.807) is 6.07 Å². The van der Waals surface area contributed by atoms with Crippen molar-refractivity contribution in [2.75, 3.05) is 19.6 Å². The summed E-state index contributed by atoms with van der Waals surface area (Å²) in [7, 11) is 0. The number of piperidine rings is 1. The number of halogens is 1. The molecule has 0 amide bonds. The second-order valence-electron chi connectivity index (χ2n) is 7.88. The molecule has 2 N–H and O–H groups in total. The summed E-state index contributed by atoms with van der Waals surface area (Å²) in [6.07, 6.45) is 2.25. The Hall–Kier alpha value is -2.35. The molecule has 2 unspecified atom stereocenters. The largest absolute Gasteiger partial charge is 0.299 e. The molecule has 2 aromatic carbocycles. The summed E-state index contributed by atoms with van der Waals surface area (Å²) >= 11 is 0. The number of likely N-dealkylation sites (tertiary alicyclic amines) is 1. The Morgan fingerprint density at radius 2 is 1.96 bits per heavy atom. The molecule has 1 aromatic heterocycles. The first-order valence-electron chi connectivity index (χ1n) is 9.94. The first kappa shape index (κ1) is 17.7. The highest BCUT2D eigenvalue weighted by Gasteiger charge is 2.36. The van der Waals surface area contributed by atoms with Crippen LogP contribution in [-0.4, -0.2) is 40.9 Å². The van der Waals surface area contributed by atoms with Crippen LogP contribution < -0.4 is 10.9 Å². The van der Waals surface area contributed by atoms with Crippen molar-refractivity contribution in [1.82, 2.24) is 26.1 Å². The maximum absolute atomic E-state index is 13.7. The van der Waals surface area contributed by atoms with Crippen molar-refractivity contribution in [2.45, 2.75) is 31.3 Å². The molecular formula is C21H24FN5O. The number of hydrazine groups is 1. The fourth-order valence-corrected chi connectivity index (χ4v) is 4.72. The van der Waals surface area contributed by atoms with Crippen molar-refractivity contribution in [3.05, 3.63) is 59.4 Å². The van der Waals surface area contributed by atoms with Gasteiger partial charge in [0.05, 0.1) is 0 Å². The fraction of sp³-hybridized carbons (Fsp3) is 0.429. The smallest absolute Gasteiger partial charge is 0.139 e. The van der Waals surface area contributed by atoms with Crippen LogP contribution in [0.3, 0.4) is 0 Å². The minimum absolute atomic E-state index is 0.158. The van der Waals surface area contributed by atoms with Crippen LogP contribution in [-0.2, 0) is 6.54 Å². The van der Waals surface area contributed by atoms with Crippen LogP contribution in [0.5, 0.6) is 0 Å². The van der Waals surface area contributed by atoms with E-state index in [4.69, 9.17) is 4.63 Å².